The molecule has 0 spiro atoms. The van der Waals surface area contributed by atoms with Crippen LogP contribution >= 0.6 is 15.9 Å². The zero-order valence-corrected chi connectivity index (χ0v) is 11.7. The first kappa shape index (κ1) is 14.3. The van der Waals surface area contributed by atoms with E-state index in [-0.39, 0.29) is 5.75 Å². The predicted octanol–water partition coefficient (Wildman–Crippen LogP) is 4.67. The van der Waals surface area contributed by atoms with Crippen molar-refractivity contribution >= 4 is 27.3 Å². The molecule has 0 unspecified atom stereocenters. The van der Waals surface area contributed by atoms with Crippen LogP contribution in [0.15, 0.2) is 46.9 Å². The topological polar surface area (TPSA) is 45.0 Å². The number of hydrogen-bond acceptors (Lipinski definition) is 3. The van der Waals surface area contributed by atoms with Gasteiger partial charge in [0.05, 0.1) is 16.9 Å². The minimum Gasteiger partial charge on any atom is -0.433 e. The van der Waals surface area contributed by atoms with Crippen molar-refractivity contribution in [2.75, 3.05) is 5.32 Å². The molecule has 0 saturated carbocycles. The summed E-state index contributed by atoms with van der Waals surface area (Å²) in [5.74, 6) is 0.0198. The zero-order valence-electron chi connectivity index (χ0n) is 10.1. The number of rotatable bonds is 4. The number of hydrogen-bond donors (Lipinski definition) is 1. The van der Waals surface area contributed by atoms with Gasteiger partial charge in [-0.05, 0) is 30.3 Å². The number of ether oxygens (including phenoxy) is 1. The summed E-state index contributed by atoms with van der Waals surface area (Å²) in [6.07, 6.45) is 0. The molecule has 0 fully saturated rings. The molecule has 0 amide bonds. The summed E-state index contributed by atoms with van der Waals surface area (Å²) in [7, 11) is 0. The second-order valence-electron chi connectivity index (χ2n) is 3.80. The number of para-hydroxylation sites is 2. The van der Waals surface area contributed by atoms with Gasteiger partial charge in [0.1, 0.15) is 11.8 Å². The van der Waals surface area contributed by atoms with Crippen LogP contribution in [0.25, 0.3) is 0 Å². The van der Waals surface area contributed by atoms with Crippen LogP contribution < -0.4 is 10.1 Å². The second-order valence-corrected chi connectivity index (χ2v) is 4.72. The lowest BCUT2D eigenvalue weighted by Crippen LogP contribution is -2.04. The van der Waals surface area contributed by atoms with E-state index in [0.29, 0.717) is 16.9 Å². The molecule has 0 heterocycles. The Morgan fingerprint density at radius 1 is 1.15 bits per heavy atom. The predicted molar refractivity (Wildman–Crippen MR) is 75.2 cm³/mol. The Morgan fingerprint density at radius 3 is 2.60 bits per heavy atom. The number of halogens is 3. The maximum atomic E-state index is 12.3. The fraction of sp³-hybridized carbons (Fsp3) is 0.0714. The number of nitrogens with zero attached hydrogens (tertiary/aromatic N) is 1. The first-order valence-electron chi connectivity index (χ1n) is 5.60. The average Bonchev–Trinajstić information content (AvgIpc) is 2.41. The van der Waals surface area contributed by atoms with Crippen molar-refractivity contribution < 1.29 is 13.5 Å². The number of benzene rings is 2. The largest absolute Gasteiger partial charge is 0.433 e. The van der Waals surface area contributed by atoms with Crippen LogP contribution in [0.3, 0.4) is 0 Å². The lowest BCUT2D eigenvalue weighted by molar-refractivity contribution is -0.0493. The van der Waals surface area contributed by atoms with Gasteiger partial charge in [-0.15, -0.1) is 0 Å². The van der Waals surface area contributed by atoms with Crippen LogP contribution in [0, 0.1) is 11.3 Å². The van der Waals surface area contributed by atoms with Gasteiger partial charge in [0.2, 0.25) is 0 Å². The third-order valence-electron chi connectivity index (χ3n) is 2.47. The summed E-state index contributed by atoms with van der Waals surface area (Å²) in [5.41, 5.74) is 1.27. The highest BCUT2D eigenvalue weighted by Gasteiger charge is 2.11. The summed E-state index contributed by atoms with van der Waals surface area (Å²) < 4.78 is 29.9. The summed E-state index contributed by atoms with van der Waals surface area (Å²) in [4.78, 5) is 0. The molecule has 0 atom stereocenters. The second kappa shape index (κ2) is 6.35. The molecule has 2 rings (SSSR count). The van der Waals surface area contributed by atoms with Gasteiger partial charge in [0.15, 0.2) is 0 Å². The summed E-state index contributed by atoms with van der Waals surface area (Å²) >= 11 is 3.30. The van der Waals surface area contributed by atoms with E-state index < -0.39 is 6.61 Å². The number of anilines is 2. The number of alkyl halides is 2. The van der Waals surface area contributed by atoms with Crippen LogP contribution in [0.4, 0.5) is 20.2 Å². The molecule has 20 heavy (non-hydrogen) atoms. The molecular weight excluding hydrogens is 330 g/mol. The smallest absolute Gasteiger partial charge is 0.387 e. The van der Waals surface area contributed by atoms with Crippen molar-refractivity contribution in [1.82, 2.24) is 0 Å². The fourth-order valence-corrected chi connectivity index (χ4v) is 1.99. The van der Waals surface area contributed by atoms with Gasteiger partial charge in [0.25, 0.3) is 0 Å². The van der Waals surface area contributed by atoms with Crippen LogP contribution in [0.2, 0.25) is 0 Å². The molecule has 0 aliphatic carbocycles. The monoisotopic (exact) mass is 338 g/mol. The van der Waals surface area contributed by atoms with Crippen LogP contribution in [0.5, 0.6) is 5.75 Å². The first-order valence-corrected chi connectivity index (χ1v) is 6.40. The van der Waals surface area contributed by atoms with Gasteiger partial charge in [-0.3, -0.25) is 0 Å². The minimum absolute atomic E-state index is 0.0198. The van der Waals surface area contributed by atoms with E-state index in [1.807, 2.05) is 6.07 Å². The molecule has 1 N–H and O–H groups in total. The maximum absolute atomic E-state index is 12.3. The molecule has 0 bridgehead atoms. The van der Waals surface area contributed by atoms with Gasteiger partial charge in [-0.1, -0.05) is 28.1 Å². The van der Waals surface area contributed by atoms with E-state index >= 15 is 0 Å². The van der Waals surface area contributed by atoms with E-state index in [9.17, 15) is 8.78 Å². The minimum atomic E-state index is -2.91. The standard InChI is InChI=1S/C14H9BrF2N2O/c15-10-6-5-9(8-18)12(7-10)19-11-3-1-2-4-13(11)20-14(16)17/h1-7,14,19H. The van der Waals surface area contributed by atoms with Crippen LogP contribution in [0.1, 0.15) is 5.56 Å². The summed E-state index contributed by atoms with van der Waals surface area (Å²) in [6.45, 7) is -2.91. The number of nitrogens with one attached hydrogen (secondary N) is 1. The normalized spacial score (nSPS) is 10.2. The quantitative estimate of drug-likeness (QED) is 0.881. The van der Waals surface area contributed by atoms with Crippen molar-refractivity contribution in [1.29, 1.82) is 5.26 Å². The average molecular weight is 339 g/mol. The lowest BCUT2D eigenvalue weighted by atomic mass is 10.2. The Morgan fingerprint density at radius 2 is 1.90 bits per heavy atom. The van der Waals surface area contributed by atoms with E-state index in [0.717, 1.165) is 4.47 Å². The lowest BCUT2D eigenvalue weighted by Gasteiger charge is -2.13. The van der Waals surface area contributed by atoms with E-state index in [1.54, 1.807) is 36.4 Å². The van der Waals surface area contributed by atoms with Crippen LogP contribution in [-0.4, -0.2) is 6.61 Å². The van der Waals surface area contributed by atoms with Crippen molar-refractivity contribution in [3.63, 3.8) is 0 Å². The molecule has 2 aromatic carbocycles. The SMILES string of the molecule is N#Cc1ccc(Br)cc1Nc1ccccc1OC(F)F. The van der Waals surface area contributed by atoms with Gasteiger partial charge in [0, 0.05) is 4.47 Å². The van der Waals surface area contributed by atoms with Gasteiger partial charge >= 0.3 is 6.61 Å². The molecule has 0 saturated heterocycles. The van der Waals surface area contributed by atoms with Crippen LogP contribution in [-0.2, 0) is 0 Å². The molecule has 0 aromatic heterocycles. The fourth-order valence-electron chi connectivity index (χ4n) is 1.63. The first-order chi connectivity index (χ1) is 9.60. The van der Waals surface area contributed by atoms with Gasteiger partial charge in [-0.25, -0.2) is 0 Å². The van der Waals surface area contributed by atoms with E-state index in [4.69, 9.17) is 5.26 Å². The molecule has 0 aliphatic heterocycles. The molecule has 0 aliphatic rings. The van der Waals surface area contributed by atoms with Gasteiger partial charge in [-0.2, -0.15) is 14.0 Å². The Bertz CT molecular complexity index is 656. The molecule has 102 valence electrons. The van der Waals surface area contributed by atoms with Crippen molar-refractivity contribution in [3.05, 3.63) is 52.5 Å². The van der Waals surface area contributed by atoms with Crippen molar-refractivity contribution in [2.45, 2.75) is 6.61 Å². The molecule has 3 nitrogen and oxygen atoms in total. The highest BCUT2D eigenvalue weighted by molar-refractivity contribution is 9.10. The third kappa shape index (κ3) is 3.45. The Kier molecular flexibility index (Phi) is 4.53. The highest BCUT2D eigenvalue weighted by atomic mass is 79.9. The molecule has 0 radical (unpaired) electrons. The molecule has 2 aromatic rings. The Balaban J connectivity index is 2.35. The third-order valence-corrected chi connectivity index (χ3v) is 2.97. The summed E-state index contributed by atoms with van der Waals surface area (Å²) in [5, 5.41) is 12.0. The van der Waals surface area contributed by atoms with E-state index in [2.05, 4.69) is 26.0 Å². The molecular formula is C14H9BrF2N2O. The van der Waals surface area contributed by atoms with Crippen molar-refractivity contribution in [2.24, 2.45) is 0 Å². The molecule has 6 heteroatoms. The maximum Gasteiger partial charge on any atom is 0.387 e. The zero-order chi connectivity index (χ0) is 14.5. The van der Waals surface area contributed by atoms with Gasteiger partial charge < -0.3 is 10.1 Å². The van der Waals surface area contributed by atoms with E-state index in [1.165, 1.54) is 6.07 Å². The van der Waals surface area contributed by atoms with Crippen molar-refractivity contribution in [3.8, 4) is 11.8 Å². The summed E-state index contributed by atoms with van der Waals surface area (Å²) in [6, 6.07) is 13.4. The Labute approximate surface area is 122 Å². The Hall–Kier alpha value is -2.13. The number of nitriles is 1. The highest BCUT2D eigenvalue weighted by Crippen LogP contribution is 2.31.